The van der Waals surface area contributed by atoms with Crippen LogP contribution in [-0.4, -0.2) is 22.9 Å². The summed E-state index contributed by atoms with van der Waals surface area (Å²) in [6.45, 7) is -0.443. The molecule has 18 heavy (non-hydrogen) atoms. The Bertz CT molecular complexity index is 463. The number of anilines is 1. The fourth-order valence-electron chi connectivity index (χ4n) is 2.13. The van der Waals surface area contributed by atoms with Crippen molar-refractivity contribution in [2.24, 2.45) is 5.73 Å². The van der Waals surface area contributed by atoms with Gasteiger partial charge in [-0.3, -0.25) is 0 Å². The first kappa shape index (κ1) is 13.1. The van der Waals surface area contributed by atoms with E-state index < -0.39 is 13.0 Å². The number of thiocarbonyl (C=S) groups is 1. The van der Waals surface area contributed by atoms with Gasteiger partial charge in [-0.1, -0.05) is 12.2 Å². The van der Waals surface area contributed by atoms with Crippen LogP contribution in [0.2, 0.25) is 0 Å². The van der Waals surface area contributed by atoms with E-state index in [1.807, 2.05) is 6.07 Å². The van der Waals surface area contributed by atoms with E-state index in [1.165, 1.54) is 0 Å². The van der Waals surface area contributed by atoms with Gasteiger partial charge in [0.15, 0.2) is 0 Å². The van der Waals surface area contributed by atoms with Crippen molar-refractivity contribution < 1.29 is 8.78 Å². The first-order valence-electron chi connectivity index (χ1n) is 5.92. The van der Waals surface area contributed by atoms with Crippen LogP contribution in [-0.2, 0) is 12.8 Å². The summed E-state index contributed by atoms with van der Waals surface area (Å²) in [4.78, 5) is 4.58. The largest absolute Gasteiger partial charge is 0.389 e. The third-order valence-electron chi connectivity index (χ3n) is 2.99. The molecule has 0 saturated heterocycles. The summed E-state index contributed by atoms with van der Waals surface area (Å²) in [6, 6.07) is 1.89. The summed E-state index contributed by atoms with van der Waals surface area (Å²) in [5.41, 5.74) is 8.28. The highest BCUT2D eigenvalue weighted by atomic mass is 32.1. The molecule has 1 aliphatic rings. The first-order chi connectivity index (χ1) is 8.58. The zero-order chi connectivity index (χ0) is 13.1. The van der Waals surface area contributed by atoms with Crippen LogP contribution >= 0.6 is 12.2 Å². The number of fused-ring (bicyclic) bond motifs is 1. The molecule has 1 aliphatic carbocycles. The van der Waals surface area contributed by atoms with Crippen LogP contribution in [0.25, 0.3) is 0 Å². The number of rotatable bonds is 4. The van der Waals surface area contributed by atoms with Crippen molar-refractivity contribution in [3.05, 3.63) is 22.9 Å². The summed E-state index contributed by atoms with van der Waals surface area (Å²) < 4.78 is 24.5. The number of aromatic nitrogens is 1. The second-order valence-electron chi connectivity index (χ2n) is 4.33. The molecule has 0 aliphatic heterocycles. The maximum atomic E-state index is 12.2. The van der Waals surface area contributed by atoms with Crippen LogP contribution in [0.5, 0.6) is 0 Å². The van der Waals surface area contributed by atoms with Crippen LogP contribution < -0.4 is 11.1 Å². The standard InChI is InChI=1S/C12H15F2N3S/c13-10(14)6-16-12-8(11(15)18)5-7-3-1-2-4-9(7)17-12/h5,10H,1-4,6H2,(H2,15,18)(H,16,17). The van der Waals surface area contributed by atoms with E-state index in [4.69, 9.17) is 18.0 Å². The average Bonchev–Trinajstić information content (AvgIpc) is 2.35. The minimum atomic E-state index is -2.43. The Morgan fingerprint density at radius 3 is 2.83 bits per heavy atom. The van der Waals surface area contributed by atoms with Gasteiger partial charge in [-0.25, -0.2) is 13.8 Å². The molecule has 1 aromatic heterocycles. The zero-order valence-corrected chi connectivity index (χ0v) is 10.7. The van der Waals surface area contributed by atoms with Crippen LogP contribution in [0.4, 0.5) is 14.6 Å². The number of hydrogen-bond acceptors (Lipinski definition) is 3. The molecule has 0 unspecified atom stereocenters. The van der Waals surface area contributed by atoms with Gasteiger partial charge in [-0.05, 0) is 37.3 Å². The molecule has 1 aromatic rings. The third kappa shape index (κ3) is 2.93. The Kier molecular flexibility index (Phi) is 4.06. The molecule has 6 heteroatoms. The van der Waals surface area contributed by atoms with E-state index in [1.54, 1.807) is 0 Å². The van der Waals surface area contributed by atoms with E-state index in [0.717, 1.165) is 36.9 Å². The van der Waals surface area contributed by atoms with Crippen LogP contribution in [0.1, 0.15) is 29.7 Å². The van der Waals surface area contributed by atoms with Crippen molar-refractivity contribution >= 4 is 23.0 Å². The Labute approximate surface area is 110 Å². The van der Waals surface area contributed by atoms with Gasteiger partial charge in [0, 0.05) is 5.69 Å². The van der Waals surface area contributed by atoms with Crippen LogP contribution in [0.3, 0.4) is 0 Å². The van der Waals surface area contributed by atoms with Crippen molar-refractivity contribution in [3.63, 3.8) is 0 Å². The smallest absolute Gasteiger partial charge is 0.255 e. The number of hydrogen-bond donors (Lipinski definition) is 2. The average molecular weight is 271 g/mol. The van der Waals surface area contributed by atoms with Crippen LogP contribution in [0.15, 0.2) is 6.07 Å². The monoisotopic (exact) mass is 271 g/mol. The lowest BCUT2D eigenvalue weighted by Gasteiger charge is -2.19. The lowest BCUT2D eigenvalue weighted by Crippen LogP contribution is -2.20. The lowest BCUT2D eigenvalue weighted by atomic mass is 9.94. The molecule has 0 aromatic carbocycles. The molecule has 0 bridgehead atoms. The molecule has 0 amide bonds. The molecular weight excluding hydrogens is 256 g/mol. The Hall–Kier alpha value is -1.30. The van der Waals surface area contributed by atoms with Gasteiger partial charge in [0.25, 0.3) is 6.43 Å². The highest BCUT2D eigenvalue weighted by molar-refractivity contribution is 7.80. The Morgan fingerprint density at radius 2 is 2.17 bits per heavy atom. The van der Waals surface area contributed by atoms with Gasteiger partial charge in [0.05, 0.1) is 12.1 Å². The van der Waals surface area contributed by atoms with Crippen molar-refractivity contribution in [2.75, 3.05) is 11.9 Å². The molecule has 2 rings (SSSR count). The first-order valence-corrected chi connectivity index (χ1v) is 6.33. The SMILES string of the molecule is NC(=S)c1cc2c(nc1NCC(F)F)CCCC2. The minimum absolute atomic E-state index is 0.188. The second kappa shape index (κ2) is 5.56. The van der Waals surface area contributed by atoms with Gasteiger partial charge < -0.3 is 11.1 Å². The summed E-state index contributed by atoms with van der Waals surface area (Å²) >= 11 is 4.94. The molecule has 0 atom stereocenters. The lowest BCUT2D eigenvalue weighted by molar-refractivity contribution is 0.163. The highest BCUT2D eigenvalue weighted by Gasteiger charge is 2.17. The number of pyridine rings is 1. The second-order valence-corrected chi connectivity index (χ2v) is 4.77. The van der Waals surface area contributed by atoms with Crippen molar-refractivity contribution in [1.82, 2.24) is 4.98 Å². The summed E-state index contributed by atoms with van der Waals surface area (Å²) in [5.74, 6) is 0.378. The number of alkyl halides is 2. The fourth-order valence-corrected chi connectivity index (χ4v) is 2.29. The predicted octanol–water partition coefficient (Wildman–Crippen LogP) is 2.27. The molecule has 0 spiro atoms. The maximum absolute atomic E-state index is 12.2. The molecule has 0 fully saturated rings. The molecule has 3 N–H and O–H groups in total. The number of nitrogens with two attached hydrogens (primary N) is 1. The van der Waals surface area contributed by atoms with Crippen LogP contribution in [0, 0.1) is 0 Å². The quantitative estimate of drug-likeness (QED) is 0.825. The van der Waals surface area contributed by atoms with E-state index in [-0.39, 0.29) is 4.99 Å². The molecule has 0 saturated carbocycles. The highest BCUT2D eigenvalue weighted by Crippen LogP contribution is 2.24. The molecule has 1 heterocycles. The Balaban J connectivity index is 2.33. The van der Waals surface area contributed by atoms with E-state index >= 15 is 0 Å². The number of halogens is 2. The summed E-state index contributed by atoms with van der Waals surface area (Å²) in [7, 11) is 0. The van der Waals surface area contributed by atoms with Gasteiger partial charge in [-0.15, -0.1) is 0 Å². The normalized spacial score (nSPS) is 14.4. The zero-order valence-electron chi connectivity index (χ0n) is 9.88. The maximum Gasteiger partial charge on any atom is 0.255 e. The summed E-state index contributed by atoms with van der Waals surface area (Å²) in [5, 5.41) is 2.62. The van der Waals surface area contributed by atoms with E-state index in [0.29, 0.717) is 11.4 Å². The van der Waals surface area contributed by atoms with Gasteiger partial charge >= 0.3 is 0 Å². The fraction of sp³-hybridized carbons (Fsp3) is 0.500. The van der Waals surface area contributed by atoms with Gasteiger partial charge in [0.2, 0.25) is 0 Å². The number of nitrogens with one attached hydrogen (secondary N) is 1. The molecular formula is C12H15F2N3S. The van der Waals surface area contributed by atoms with Gasteiger partial charge in [-0.2, -0.15) is 0 Å². The van der Waals surface area contributed by atoms with Gasteiger partial charge in [0.1, 0.15) is 10.8 Å². The van der Waals surface area contributed by atoms with E-state index in [9.17, 15) is 8.78 Å². The summed E-state index contributed by atoms with van der Waals surface area (Å²) in [6.07, 6.45) is 1.61. The van der Waals surface area contributed by atoms with Crippen molar-refractivity contribution in [3.8, 4) is 0 Å². The third-order valence-corrected chi connectivity index (χ3v) is 3.21. The van der Waals surface area contributed by atoms with E-state index in [2.05, 4.69) is 10.3 Å². The Morgan fingerprint density at radius 1 is 1.44 bits per heavy atom. The molecule has 98 valence electrons. The topological polar surface area (TPSA) is 50.9 Å². The minimum Gasteiger partial charge on any atom is -0.389 e. The number of nitrogens with zero attached hydrogens (tertiary/aromatic N) is 1. The van der Waals surface area contributed by atoms with Crippen molar-refractivity contribution in [2.45, 2.75) is 32.1 Å². The predicted molar refractivity (Wildman–Crippen MR) is 71.3 cm³/mol. The van der Waals surface area contributed by atoms with Crippen molar-refractivity contribution in [1.29, 1.82) is 0 Å². The molecule has 0 radical (unpaired) electrons. The number of aryl methyl sites for hydroxylation is 2. The molecule has 3 nitrogen and oxygen atoms in total.